The molecule has 1 unspecified atom stereocenters. The normalized spacial score (nSPS) is 13.7. The second-order valence-electron chi connectivity index (χ2n) is 10.0. The average Bonchev–Trinajstić information content (AvgIpc) is 2.90. The second kappa shape index (κ2) is 13.7. The number of carboxylic acid groups (broad SMARTS) is 1. The van der Waals surface area contributed by atoms with E-state index >= 15 is 0 Å². The number of carboxylic acids is 1. The molecule has 0 saturated carbocycles. The van der Waals surface area contributed by atoms with Gasteiger partial charge in [-0.3, -0.25) is 4.72 Å². The van der Waals surface area contributed by atoms with Gasteiger partial charge in [-0.2, -0.15) is 0 Å². The van der Waals surface area contributed by atoms with Gasteiger partial charge in [-0.15, -0.1) is 0 Å². The smallest absolute Gasteiger partial charge is 0.344 e. The highest BCUT2D eigenvalue weighted by Crippen LogP contribution is 2.32. The number of phenols is 1. The van der Waals surface area contributed by atoms with Crippen molar-refractivity contribution in [3.8, 4) is 28.4 Å². The van der Waals surface area contributed by atoms with E-state index in [0.29, 0.717) is 30.9 Å². The highest BCUT2D eigenvalue weighted by molar-refractivity contribution is 7.92. The molecule has 0 aliphatic heterocycles. The van der Waals surface area contributed by atoms with Crippen LogP contribution in [-0.4, -0.2) is 61.3 Å². The van der Waals surface area contributed by atoms with E-state index in [1.807, 2.05) is 38.1 Å². The van der Waals surface area contributed by atoms with Gasteiger partial charge in [-0.25, -0.2) is 13.2 Å². The number of hydrogen-bond acceptors (Lipinski definition) is 8. The first kappa shape index (κ1) is 31.7. The molecule has 0 aromatic heterocycles. The number of phenolic OH excluding ortho intramolecular Hbond substituents is 1. The summed E-state index contributed by atoms with van der Waals surface area (Å²) in [6.07, 6.45) is -0.479. The lowest BCUT2D eigenvalue weighted by molar-refractivity contribution is -0.145. The zero-order chi connectivity index (χ0) is 30.3. The van der Waals surface area contributed by atoms with Gasteiger partial charge in [0.05, 0.1) is 18.0 Å². The molecule has 0 amide bonds. The minimum Gasteiger partial charge on any atom is -0.506 e. The number of benzene rings is 3. The molecule has 3 rings (SSSR count). The van der Waals surface area contributed by atoms with Crippen LogP contribution >= 0.6 is 0 Å². The Hall–Kier alpha value is -3.80. The number of anilines is 1. The van der Waals surface area contributed by atoms with Gasteiger partial charge in [0, 0.05) is 12.6 Å². The zero-order valence-electron chi connectivity index (χ0n) is 23.8. The molecule has 0 spiro atoms. The molecule has 0 heterocycles. The highest BCUT2D eigenvalue weighted by Gasteiger charge is 2.19. The number of aliphatic carboxylic acids is 1. The molecule has 0 aliphatic carbocycles. The van der Waals surface area contributed by atoms with Gasteiger partial charge in [-0.05, 0) is 91.4 Å². The molecule has 10 nitrogen and oxygen atoms in total. The fraction of sp³-hybridized carbons (Fsp3) is 0.367. The van der Waals surface area contributed by atoms with Crippen LogP contribution in [0.3, 0.4) is 0 Å². The number of aromatic hydroxyl groups is 1. The Balaban J connectivity index is 1.57. The van der Waals surface area contributed by atoms with Crippen LogP contribution < -0.4 is 19.5 Å². The molecule has 0 radical (unpaired) electrons. The van der Waals surface area contributed by atoms with Gasteiger partial charge in [0.15, 0.2) is 6.10 Å². The van der Waals surface area contributed by atoms with Crippen LogP contribution in [0.5, 0.6) is 17.2 Å². The number of hydrogen-bond donors (Lipinski definition) is 5. The van der Waals surface area contributed by atoms with E-state index in [0.717, 1.165) is 34.3 Å². The van der Waals surface area contributed by atoms with E-state index in [1.165, 1.54) is 18.2 Å². The summed E-state index contributed by atoms with van der Waals surface area (Å²) in [5.74, 6) is 0.0457. The third-order valence-corrected chi connectivity index (χ3v) is 7.11. The number of aryl methyl sites for hydroxylation is 2. The van der Waals surface area contributed by atoms with E-state index in [4.69, 9.17) is 9.47 Å². The van der Waals surface area contributed by atoms with Crippen LogP contribution in [-0.2, 0) is 14.8 Å². The minimum absolute atomic E-state index is 0.00146. The number of carbonyl (C=O) groups is 1. The maximum Gasteiger partial charge on any atom is 0.344 e. The Kier molecular flexibility index (Phi) is 10.6. The number of aliphatic hydroxyl groups excluding tert-OH is 1. The Morgan fingerprint density at radius 1 is 1.00 bits per heavy atom. The highest BCUT2D eigenvalue weighted by atomic mass is 32.2. The van der Waals surface area contributed by atoms with Crippen LogP contribution in [0.15, 0.2) is 54.6 Å². The summed E-state index contributed by atoms with van der Waals surface area (Å²) in [7, 11) is -3.59. The number of nitrogens with one attached hydrogen (secondary N) is 2. The summed E-state index contributed by atoms with van der Waals surface area (Å²) in [4.78, 5) is 11.2. The molecule has 222 valence electrons. The minimum atomic E-state index is -3.59. The van der Waals surface area contributed by atoms with Crippen molar-refractivity contribution in [1.29, 1.82) is 0 Å². The Labute approximate surface area is 241 Å². The Morgan fingerprint density at radius 3 is 2.20 bits per heavy atom. The van der Waals surface area contributed by atoms with Gasteiger partial charge in [0.1, 0.15) is 23.9 Å². The van der Waals surface area contributed by atoms with Gasteiger partial charge in [0.25, 0.3) is 0 Å². The summed E-state index contributed by atoms with van der Waals surface area (Å²) in [6.45, 7) is 8.29. The van der Waals surface area contributed by atoms with Crippen molar-refractivity contribution < 1.29 is 38.0 Å². The predicted octanol–water partition coefficient (Wildman–Crippen LogP) is 4.38. The lowest BCUT2D eigenvalue weighted by atomic mass is 9.99. The van der Waals surface area contributed by atoms with Crippen molar-refractivity contribution in [3.63, 3.8) is 0 Å². The molecule has 5 N–H and O–H groups in total. The van der Waals surface area contributed by atoms with E-state index in [9.17, 15) is 28.5 Å². The second-order valence-corrected chi connectivity index (χ2v) is 11.8. The maximum absolute atomic E-state index is 11.5. The number of sulfonamides is 1. The number of ether oxygens (including phenoxy) is 2. The van der Waals surface area contributed by atoms with Crippen LogP contribution in [0.25, 0.3) is 11.1 Å². The lowest BCUT2D eigenvalue weighted by Gasteiger charge is -2.22. The van der Waals surface area contributed by atoms with Crippen LogP contribution in [0.1, 0.15) is 43.1 Å². The molecular weight excluding hydrogens is 548 g/mol. The third-order valence-electron chi connectivity index (χ3n) is 6.52. The standard InChI is InChI=1S/C30H38N2O8S/c1-6-27(30(35)36)40-24-10-7-21(8-11-24)23-15-18(2)29(19(3)16-23)39-14-13-31-20(4)28(34)22-9-12-26(33)25(17-22)32-41(5,37)38/h7-12,15-17,20,27-28,31-34H,6,13-14H2,1-5H3,(H,35,36)/t20-,27?,28+/m0/s1. The first-order valence-electron chi connectivity index (χ1n) is 13.2. The van der Waals surface area contributed by atoms with Gasteiger partial charge in [0.2, 0.25) is 10.0 Å². The first-order valence-corrected chi connectivity index (χ1v) is 15.1. The molecule has 3 aromatic carbocycles. The molecule has 3 aromatic rings. The van der Waals surface area contributed by atoms with Gasteiger partial charge < -0.3 is 30.1 Å². The Morgan fingerprint density at radius 2 is 1.63 bits per heavy atom. The zero-order valence-corrected chi connectivity index (χ0v) is 24.7. The number of rotatable bonds is 14. The molecule has 0 saturated heterocycles. The molecular formula is C30H38N2O8S. The summed E-state index contributed by atoms with van der Waals surface area (Å²) in [5.41, 5.74) is 4.33. The molecule has 0 fully saturated rings. The number of aliphatic hydroxyl groups is 1. The predicted molar refractivity (Wildman–Crippen MR) is 158 cm³/mol. The van der Waals surface area contributed by atoms with Crippen molar-refractivity contribution >= 4 is 21.7 Å². The van der Waals surface area contributed by atoms with Crippen molar-refractivity contribution in [2.24, 2.45) is 0 Å². The first-order chi connectivity index (χ1) is 19.3. The summed E-state index contributed by atoms with van der Waals surface area (Å²) < 4.78 is 36.9. The lowest BCUT2D eigenvalue weighted by Crippen LogP contribution is -2.35. The topological polar surface area (TPSA) is 154 Å². The van der Waals surface area contributed by atoms with Crippen molar-refractivity contribution in [2.45, 2.75) is 52.4 Å². The van der Waals surface area contributed by atoms with Crippen LogP contribution in [0, 0.1) is 13.8 Å². The van der Waals surface area contributed by atoms with E-state index in [2.05, 4.69) is 10.0 Å². The SMILES string of the molecule is CCC(Oc1ccc(-c2cc(C)c(OCCN[C@@H](C)[C@@H](O)c3ccc(O)c(NS(C)(=O)=O)c3)c(C)c2)cc1)C(=O)O. The molecule has 11 heteroatoms. The molecule has 0 bridgehead atoms. The average molecular weight is 587 g/mol. The monoisotopic (exact) mass is 586 g/mol. The quantitative estimate of drug-likeness (QED) is 0.137. The fourth-order valence-corrected chi connectivity index (χ4v) is 4.97. The molecule has 41 heavy (non-hydrogen) atoms. The Bertz CT molecular complexity index is 1430. The van der Waals surface area contributed by atoms with E-state index < -0.39 is 28.2 Å². The van der Waals surface area contributed by atoms with Crippen LogP contribution in [0.2, 0.25) is 0 Å². The largest absolute Gasteiger partial charge is 0.506 e. The van der Waals surface area contributed by atoms with Crippen LogP contribution in [0.4, 0.5) is 5.69 Å². The van der Waals surface area contributed by atoms with Gasteiger partial charge >= 0.3 is 5.97 Å². The van der Waals surface area contributed by atoms with Crippen molar-refractivity contribution in [3.05, 3.63) is 71.3 Å². The third kappa shape index (κ3) is 8.84. The van der Waals surface area contributed by atoms with Crippen molar-refractivity contribution in [2.75, 3.05) is 24.1 Å². The van der Waals surface area contributed by atoms with E-state index in [-0.39, 0.29) is 17.5 Å². The van der Waals surface area contributed by atoms with Crippen molar-refractivity contribution in [1.82, 2.24) is 5.32 Å². The molecule has 3 atom stereocenters. The summed E-state index contributed by atoms with van der Waals surface area (Å²) >= 11 is 0. The maximum atomic E-state index is 11.5. The summed E-state index contributed by atoms with van der Waals surface area (Å²) in [6, 6.07) is 15.3. The van der Waals surface area contributed by atoms with Gasteiger partial charge in [-0.1, -0.05) is 25.1 Å². The fourth-order valence-electron chi connectivity index (χ4n) is 4.40. The van der Waals surface area contributed by atoms with E-state index in [1.54, 1.807) is 26.0 Å². The summed E-state index contributed by atoms with van der Waals surface area (Å²) in [5, 5.41) is 33.1. The molecule has 0 aliphatic rings.